The second-order valence-corrected chi connectivity index (χ2v) is 12.0. The third-order valence-corrected chi connectivity index (χ3v) is 8.95. The van der Waals surface area contributed by atoms with Crippen LogP contribution in [0.2, 0.25) is 0 Å². The Morgan fingerprint density at radius 1 is 0.860 bits per heavy atom. The summed E-state index contributed by atoms with van der Waals surface area (Å²) in [6.45, 7) is 9.48. The zero-order valence-electron chi connectivity index (χ0n) is 25.2. The van der Waals surface area contributed by atoms with Gasteiger partial charge in [0, 0.05) is 26.2 Å². The number of nitrogens with zero attached hydrogens (tertiary/aromatic N) is 3. The Hall–Kier alpha value is -4.36. The summed E-state index contributed by atoms with van der Waals surface area (Å²) in [5.41, 5.74) is 4.34. The van der Waals surface area contributed by atoms with Gasteiger partial charge in [-0.05, 0) is 52.8 Å². The molecule has 1 fully saturated rings. The molecule has 3 heterocycles. The van der Waals surface area contributed by atoms with Crippen LogP contribution in [0.5, 0.6) is 5.75 Å². The van der Waals surface area contributed by atoms with Crippen molar-refractivity contribution < 1.29 is 18.7 Å². The van der Waals surface area contributed by atoms with Gasteiger partial charge in [-0.2, -0.15) is 0 Å². The van der Waals surface area contributed by atoms with Crippen molar-refractivity contribution >= 4 is 17.5 Å². The van der Waals surface area contributed by atoms with Gasteiger partial charge in [0.2, 0.25) is 0 Å². The third-order valence-electron chi connectivity index (χ3n) is 8.95. The van der Waals surface area contributed by atoms with Gasteiger partial charge in [0.05, 0.1) is 18.3 Å². The van der Waals surface area contributed by atoms with Gasteiger partial charge in [0.15, 0.2) is 12.4 Å². The highest BCUT2D eigenvalue weighted by atomic mass is 16.5. The molecule has 2 amide bonds. The fourth-order valence-corrected chi connectivity index (χ4v) is 5.96. The largest absolute Gasteiger partial charge is 0.482 e. The van der Waals surface area contributed by atoms with Crippen LogP contribution in [0.3, 0.4) is 0 Å². The van der Waals surface area contributed by atoms with Crippen LogP contribution in [-0.2, 0) is 16.8 Å². The molecule has 7 nitrogen and oxygen atoms in total. The lowest BCUT2D eigenvalue weighted by molar-refractivity contribution is -0.121. The first-order chi connectivity index (χ1) is 20.8. The Labute approximate surface area is 253 Å². The van der Waals surface area contributed by atoms with Crippen molar-refractivity contribution in [2.75, 3.05) is 37.7 Å². The first kappa shape index (κ1) is 28.7. The van der Waals surface area contributed by atoms with Crippen LogP contribution >= 0.6 is 0 Å². The first-order valence-electron chi connectivity index (χ1n) is 15.1. The van der Waals surface area contributed by atoms with Crippen molar-refractivity contribution in [2.45, 2.75) is 45.2 Å². The predicted octanol–water partition coefficient (Wildman–Crippen LogP) is 6.44. The number of furan rings is 1. The number of hydrogen-bond acceptors (Lipinski definition) is 5. The smallest absolute Gasteiger partial charge is 0.289 e. The van der Waals surface area contributed by atoms with E-state index in [1.54, 1.807) is 17.0 Å². The lowest BCUT2D eigenvalue weighted by Crippen LogP contribution is -2.49. The summed E-state index contributed by atoms with van der Waals surface area (Å²) in [5.74, 6) is 1.29. The zero-order chi connectivity index (χ0) is 30.0. The van der Waals surface area contributed by atoms with Gasteiger partial charge in [-0.1, -0.05) is 87.5 Å². The highest BCUT2D eigenvalue weighted by Crippen LogP contribution is 2.38. The van der Waals surface area contributed by atoms with Gasteiger partial charge in [0.25, 0.3) is 11.8 Å². The quantitative estimate of drug-likeness (QED) is 0.241. The molecule has 2 aliphatic heterocycles. The van der Waals surface area contributed by atoms with Crippen LogP contribution < -0.4 is 9.64 Å². The van der Waals surface area contributed by atoms with Crippen molar-refractivity contribution in [1.82, 2.24) is 9.80 Å². The van der Waals surface area contributed by atoms with Crippen molar-refractivity contribution in [3.63, 3.8) is 0 Å². The van der Waals surface area contributed by atoms with Crippen LogP contribution in [-0.4, -0.2) is 54.4 Å². The van der Waals surface area contributed by atoms with E-state index < -0.39 is 0 Å². The minimum absolute atomic E-state index is 0.0206. The SMILES string of the molecule is CCC(C)(C)c1ccc2c(c1)N(Cc1ccc(C(=O)N3CCN(C(c4ccccc4)c4ccccc4)CC3)o1)C(=O)CO2. The van der Waals surface area contributed by atoms with Crippen molar-refractivity contribution in [1.29, 1.82) is 0 Å². The summed E-state index contributed by atoms with van der Waals surface area (Å²) in [7, 11) is 0. The Morgan fingerprint density at radius 2 is 1.51 bits per heavy atom. The zero-order valence-corrected chi connectivity index (χ0v) is 25.2. The third kappa shape index (κ3) is 5.95. The molecule has 7 heteroatoms. The van der Waals surface area contributed by atoms with Gasteiger partial charge < -0.3 is 14.1 Å². The minimum atomic E-state index is -0.134. The summed E-state index contributed by atoms with van der Waals surface area (Å²) in [6.07, 6.45) is 0.970. The monoisotopic (exact) mass is 577 g/mol. The van der Waals surface area contributed by atoms with E-state index in [0.717, 1.165) is 30.8 Å². The Morgan fingerprint density at radius 3 is 2.14 bits per heavy atom. The lowest BCUT2D eigenvalue weighted by Gasteiger charge is -2.39. The Bertz CT molecular complexity index is 1530. The van der Waals surface area contributed by atoms with Gasteiger partial charge >= 0.3 is 0 Å². The molecule has 0 atom stereocenters. The van der Waals surface area contributed by atoms with Crippen LogP contribution in [0.1, 0.15) is 66.2 Å². The molecule has 1 aromatic heterocycles. The van der Waals surface area contributed by atoms with Crippen LogP contribution in [0.4, 0.5) is 5.69 Å². The van der Waals surface area contributed by atoms with Gasteiger partial charge in [-0.15, -0.1) is 0 Å². The van der Waals surface area contributed by atoms with Crippen molar-refractivity contribution in [3.05, 3.63) is 119 Å². The number of ether oxygens (including phenoxy) is 1. The maximum absolute atomic E-state index is 13.5. The Kier molecular flexibility index (Phi) is 8.08. The maximum Gasteiger partial charge on any atom is 0.289 e. The summed E-state index contributed by atoms with van der Waals surface area (Å²) >= 11 is 0. The highest BCUT2D eigenvalue weighted by molar-refractivity contribution is 5.98. The van der Waals surface area contributed by atoms with Gasteiger partial charge in [0.1, 0.15) is 11.5 Å². The van der Waals surface area contributed by atoms with E-state index in [1.807, 2.05) is 29.2 Å². The number of carbonyl (C=O) groups is 2. The summed E-state index contributed by atoms with van der Waals surface area (Å²) < 4.78 is 11.8. The molecule has 0 radical (unpaired) electrons. The van der Waals surface area contributed by atoms with E-state index in [-0.39, 0.29) is 36.4 Å². The lowest BCUT2D eigenvalue weighted by atomic mass is 9.82. The fourth-order valence-electron chi connectivity index (χ4n) is 5.96. The maximum atomic E-state index is 13.5. The molecule has 0 unspecified atom stereocenters. The molecule has 0 saturated carbocycles. The van der Waals surface area contributed by atoms with Crippen LogP contribution in [0.25, 0.3) is 0 Å². The van der Waals surface area contributed by atoms with E-state index >= 15 is 0 Å². The molecule has 1 saturated heterocycles. The molecule has 222 valence electrons. The molecule has 2 aliphatic rings. The number of rotatable bonds is 8. The molecule has 0 aliphatic carbocycles. The average molecular weight is 578 g/mol. The van der Waals surface area contributed by atoms with E-state index in [0.29, 0.717) is 30.4 Å². The molecule has 0 N–H and O–H groups in total. The van der Waals surface area contributed by atoms with Gasteiger partial charge in [-0.25, -0.2) is 0 Å². The number of hydrogen-bond donors (Lipinski definition) is 0. The second kappa shape index (κ2) is 12.1. The fraction of sp³-hybridized carbons (Fsp3) is 0.333. The molecular weight excluding hydrogens is 538 g/mol. The van der Waals surface area contributed by atoms with E-state index in [4.69, 9.17) is 9.15 Å². The molecular formula is C36H39N3O4. The number of fused-ring (bicyclic) bond motifs is 1. The van der Waals surface area contributed by atoms with E-state index in [2.05, 4.69) is 80.3 Å². The molecule has 43 heavy (non-hydrogen) atoms. The Balaban J connectivity index is 1.14. The van der Waals surface area contributed by atoms with E-state index in [1.165, 1.54) is 11.1 Å². The number of carbonyl (C=O) groups excluding carboxylic acids is 2. The molecule has 4 aromatic rings. The first-order valence-corrected chi connectivity index (χ1v) is 15.1. The van der Waals surface area contributed by atoms with Crippen molar-refractivity contribution in [2.24, 2.45) is 0 Å². The molecule has 0 bridgehead atoms. The topological polar surface area (TPSA) is 66.2 Å². The summed E-state index contributed by atoms with van der Waals surface area (Å²) in [5, 5.41) is 0. The van der Waals surface area contributed by atoms with Gasteiger partial charge in [-0.3, -0.25) is 19.4 Å². The molecule has 0 spiro atoms. The van der Waals surface area contributed by atoms with Crippen LogP contribution in [0.15, 0.2) is 95.4 Å². The number of anilines is 1. The normalized spacial score (nSPS) is 15.9. The number of benzene rings is 3. The molecule has 6 rings (SSSR count). The van der Waals surface area contributed by atoms with E-state index in [9.17, 15) is 9.59 Å². The summed E-state index contributed by atoms with van der Waals surface area (Å²) in [6, 6.07) is 30.8. The van der Waals surface area contributed by atoms with Crippen molar-refractivity contribution in [3.8, 4) is 5.75 Å². The number of amides is 2. The predicted molar refractivity (Wildman–Crippen MR) is 167 cm³/mol. The number of piperazine rings is 1. The van der Waals surface area contributed by atoms with Crippen LogP contribution in [0, 0.1) is 0 Å². The second-order valence-electron chi connectivity index (χ2n) is 12.0. The molecule has 3 aromatic carbocycles. The minimum Gasteiger partial charge on any atom is -0.482 e. The average Bonchev–Trinajstić information content (AvgIpc) is 3.52. The summed E-state index contributed by atoms with van der Waals surface area (Å²) in [4.78, 5) is 32.4. The standard InChI is InChI=1S/C36H39N3O4/c1-4-36(2,3)28-15-17-31-30(23-28)39(33(40)25-42-31)24-29-16-18-32(43-29)35(41)38-21-19-37(20-22-38)34(26-11-7-5-8-12-26)27-13-9-6-10-14-27/h5-18,23,34H,4,19-22,24-25H2,1-3H3. The highest BCUT2D eigenvalue weighted by Gasteiger charge is 2.31.